The lowest BCUT2D eigenvalue weighted by Gasteiger charge is -2.37. The number of hydrogen-bond donors (Lipinski definition) is 0. The zero-order valence-electron chi connectivity index (χ0n) is 18.3. The molecule has 0 aliphatic carbocycles. The highest BCUT2D eigenvalue weighted by atomic mass is 16.7. The van der Waals surface area contributed by atoms with E-state index in [0.29, 0.717) is 5.69 Å². The molecule has 7 heteroatoms. The van der Waals surface area contributed by atoms with Gasteiger partial charge in [-0.25, -0.2) is 4.90 Å². The average Bonchev–Trinajstić information content (AvgIpc) is 3.42. The number of nitrogens with zero attached hydrogens (tertiary/aromatic N) is 3. The molecule has 0 saturated carbocycles. The molecule has 0 bridgehead atoms. The number of ether oxygens (including phenoxy) is 2. The molecule has 0 radical (unpaired) electrons. The molecule has 0 aromatic heterocycles. The average molecular weight is 444 g/mol. The van der Waals surface area contributed by atoms with Crippen molar-refractivity contribution < 1.29 is 19.1 Å². The number of fused-ring (bicyclic) bond motifs is 2. The zero-order valence-corrected chi connectivity index (χ0v) is 18.3. The van der Waals surface area contributed by atoms with E-state index in [-0.39, 0.29) is 31.1 Å². The Kier molecular flexibility index (Phi) is 5.00. The van der Waals surface area contributed by atoms with Crippen molar-refractivity contribution >= 4 is 28.3 Å². The fourth-order valence-corrected chi connectivity index (χ4v) is 5.09. The first-order valence-corrected chi connectivity index (χ1v) is 11.4. The van der Waals surface area contributed by atoms with Gasteiger partial charge in [-0.1, -0.05) is 42.5 Å². The van der Waals surface area contributed by atoms with Crippen LogP contribution in [-0.2, 0) is 16.1 Å². The summed E-state index contributed by atoms with van der Waals surface area (Å²) in [6.45, 7) is 4.32. The Morgan fingerprint density at radius 2 is 1.64 bits per heavy atom. The molecule has 7 nitrogen and oxygen atoms in total. The maximum Gasteiger partial charge on any atom is 0.251 e. The number of amides is 2. The molecule has 3 aromatic carbocycles. The van der Waals surface area contributed by atoms with Gasteiger partial charge in [0.2, 0.25) is 12.7 Å². The minimum absolute atomic E-state index is 0.111. The summed E-state index contributed by atoms with van der Waals surface area (Å²) in [6.07, 6.45) is 0.240. The van der Waals surface area contributed by atoms with Crippen LogP contribution in [0.2, 0.25) is 0 Å². The third-order valence-corrected chi connectivity index (χ3v) is 6.82. The van der Waals surface area contributed by atoms with Gasteiger partial charge >= 0.3 is 0 Å². The van der Waals surface area contributed by atoms with Gasteiger partial charge in [-0.05, 0) is 29.1 Å². The highest BCUT2D eigenvalue weighted by molar-refractivity contribution is 6.25. The van der Waals surface area contributed by atoms with Gasteiger partial charge in [-0.3, -0.25) is 19.4 Å². The van der Waals surface area contributed by atoms with E-state index in [1.807, 2.05) is 54.6 Å². The molecule has 3 aliphatic rings. The fraction of sp³-hybridized carbons (Fsp3) is 0.308. The highest BCUT2D eigenvalue weighted by Gasteiger charge is 2.43. The second kappa shape index (κ2) is 8.17. The Hall–Kier alpha value is -3.42. The van der Waals surface area contributed by atoms with E-state index in [1.165, 1.54) is 10.5 Å². The lowest BCUT2D eigenvalue weighted by molar-refractivity contribution is -0.123. The monoisotopic (exact) mass is 443 g/mol. The third kappa shape index (κ3) is 3.63. The van der Waals surface area contributed by atoms with Gasteiger partial charge in [0.25, 0.3) is 5.91 Å². The van der Waals surface area contributed by atoms with Crippen LogP contribution in [-0.4, -0.2) is 60.6 Å². The number of benzene rings is 3. The number of piperazine rings is 1. The van der Waals surface area contributed by atoms with Crippen LogP contribution in [0.5, 0.6) is 11.5 Å². The predicted molar refractivity (Wildman–Crippen MR) is 124 cm³/mol. The first kappa shape index (κ1) is 20.2. The predicted octanol–water partition coefficient (Wildman–Crippen LogP) is 3.02. The van der Waals surface area contributed by atoms with Crippen LogP contribution in [0.25, 0.3) is 10.8 Å². The number of carbonyl (C=O) groups excluding carboxylic acids is 2. The van der Waals surface area contributed by atoms with E-state index in [1.54, 1.807) is 0 Å². The quantitative estimate of drug-likeness (QED) is 0.578. The third-order valence-electron chi connectivity index (χ3n) is 6.82. The highest BCUT2D eigenvalue weighted by Crippen LogP contribution is 2.34. The van der Waals surface area contributed by atoms with Crippen LogP contribution >= 0.6 is 0 Å². The Morgan fingerprint density at radius 3 is 2.52 bits per heavy atom. The molecule has 6 rings (SSSR count). The van der Waals surface area contributed by atoms with Gasteiger partial charge in [-0.15, -0.1) is 0 Å². The summed E-state index contributed by atoms with van der Waals surface area (Å²) in [5.41, 5.74) is 1.87. The molecule has 0 N–H and O–H groups in total. The second-order valence-electron chi connectivity index (χ2n) is 8.79. The van der Waals surface area contributed by atoms with Gasteiger partial charge in [0.05, 0.1) is 18.2 Å². The van der Waals surface area contributed by atoms with Crippen LogP contribution < -0.4 is 14.4 Å². The van der Waals surface area contributed by atoms with Gasteiger partial charge in [-0.2, -0.15) is 0 Å². The molecule has 2 amide bonds. The van der Waals surface area contributed by atoms with Crippen molar-refractivity contribution in [2.45, 2.75) is 19.0 Å². The number of hydrogen-bond acceptors (Lipinski definition) is 6. The van der Waals surface area contributed by atoms with E-state index in [2.05, 4.69) is 15.9 Å². The van der Waals surface area contributed by atoms with Crippen LogP contribution in [0, 0.1) is 0 Å². The van der Waals surface area contributed by atoms with E-state index in [0.717, 1.165) is 55.0 Å². The molecule has 33 heavy (non-hydrogen) atoms. The van der Waals surface area contributed by atoms with Gasteiger partial charge in [0.1, 0.15) is 0 Å². The van der Waals surface area contributed by atoms with E-state index in [9.17, 15) is 9.59 Å². The Bertz CT molecular complexity index is 1230. The van der Waals surface area contributed by atoms with Crippen molar-refractivity contribution in [3.8, 4) is 11.5 Å². The van der Waals surface area contributed by atoms with E-state index in [4.69, 9.17) is 9.47 Å². The molecular weight excluding hydrogens is 418 g/mol. The first-order valence-electron chi connectivity index (χ1n) is 11.4. The van der Waals surface area contributed by atoms with Crippen molar-refractivity contribution in [1.82, 2.24) is 9.80 Å². The second-order valence-corrected chi connectivity index (χ2v) is 8.79. The summed E-state index contributed by atoms with van der Waals surface area (Å²) in [7, 11) is 0. The van der Waals surface area contributed by atoms with Crippen LogP contribution in [0.3, 0.4) is 0 Å². The summed E-state index contributed by atoms with van der Waals surface area (Å²) in [6, 6.07) is 19.3. The molecule has 3 aliphatic heterocycles. The minimum atomic E-state index is -0.385. The first-order chi connectivity index (χ1) is 16.2. The lowest BCUT2D eigenvalue weighted by atomic mass is 10.1. The molecule has 2 fully saturated rings. The molecule has 3 heterocycles. The largest absolute Gasteiger partial charge is 0.454 e. The van der Waals surface area contributed by atoms with E-state index < -0.39 is 0 Å². The Balaban J connectivity index is 1.13. The molecule has 0 spiro atoms. The Morgan fingerprint density at radius 1 is 0.848 bits per heavy atom. The van der Waals surface area contributed by atoms with Gasteiger partial charge in [0, 0.05) is 38.1 Å². The van der Waals surface area contributed by atoms with Crippen LogP contribution in [0.15, 0.2) is 60.7 Å². The van der Waals surface area contributed by atoms with Gasteiger partial charge < -0.3 is 9.47 Å². The number of imide groups is 1. The molecule has 2 saturated heterocycles. The van der Waals surface area contributed by atoms with Crippen molar-refractivity contribution in [3.05, 3.63) is 66.2 Å². The normalized spacial score (nSPS) is 21.3. The van der Waals surface area contributed by atoms with Crippen molar-refractivity contribution in [2.75, 3.05) is 37.9 Å². The number of carbonyl (C=O) groups is 2. The summed E-state index contributed by atoms with van der Waals surface area (Å²) in [4.78, 5) is 32.2. The molecule has 3 aromatic rings. The topological polar surface area (TPSA) is 62.3 Å². The van der Waals surface area contributed by atoms with Crippen molar-refractivity contribution in [2.24, 2.45) is 0 Å². The molecule has 1 atom stereocenters. The minimum Gasteiger partial charge on any atom is -0.454 e. The van der Waals surface area contributed by atoms with Crippen molar-refractivity contribution in [1.29, 1.82) is 0 Å². The number of anilines is 1. The van der Waals surface area contributed by atoms with Crippen molar-refractivity contribution in [3.63, 3.8) is 0 Å². The van der Waals surface area contributed by atoms with Crippen LogP contribution in [0.4, 0.5) is 5.69 Å². The van der Waals surface area contributed by atoms with Gasteiger partial charge in [0.15, 0.2) is 11.5 Å². The molecule has 0 unspecified atom stereocenters. The summed E-state index contributed by atoms with van der Waals surface area (Å²) >= 11 is 0. The standard InChI is InChI=1S/C26H25N3O4/c30-25-15-22(26(31)29(25)21-7-3-5-19-4-1-2-6-20(19)21)28-12-10-27(11-13-28)16-18-8-9-23-24(14-18)33-17-32-23/h1-9,14,22H,10-13,15-17H2/t22-/m0/s1. The van der Waals surface area contributed by atoms with E-state index >= 15 is 0 Å². The smallest absolute Gasteiger partial charge is 0.251 e. The maximum atomic E-state index is 13.4. The molecule has 168 valence electrons. The molecular formula is C26H25N3O4. The lowest BCUT2D eigenvalue weighted by Crippen LogP contribution is -2.52. The fourth-order valence-electron chi connectivity index (χ4n) is 5.09. The number of rotatable bonds is 4. The summed E-state index contributed by atoms with van der Waals surface area (Å²) in [5, 5.41) is 1.95. The summed E-state index contributed by atoms with van der Waals surface area (Å²) in [5.74, 6) is 1.36. The van der Waals surface area contributed by atoms with Crippen LogP contribution in [0.1, 0.15) is 12.0 Å². The zero-order chi connectivity index (χ0) is 22.4. The Labute approximate surface area is 192 Å². The SMILES string of the molecule is O=C1C[C@H](N2CCN(Cc3ccc4c(c3)OCO4)CC2)C(=O)N1c1cccc2ccccc12. The summed E-state index contributed by atoms with van der Waals surface area (Å²) < 4.78 is 10.9. The maximum absolute atomic E-state index is 13.4.